The normalized spacial score (nSPS) is 17.1. The molecule has 6 amide bonds. The average molecular weight is 887 g/mol. The summed E-state index contributed by atoms with van der Waals surface area (Å²) in [5.41, 5.74) is 0.244. The monoisotopic (exact) mass is 886 g/mol. The van der Waals surface area contributed by atoms with Crippen molar-refractivity contribution >= 4 is 53.5 Å². The summed E-state index contributed by atoms with van der Waals surface area (Å²) in [5, 5.41) is 13.4. The number of hydrogen-bond acceptors (Lipinski definition) is 13. The summed E-state index contributed by atoms with van der Waals surface area (Å²) in [4.78, 5) is 93.5. The number of thioether (sulfide) groups is 1. The second kappa shape index (κ2) is 22.9. The van der Waals surface area contributed by atoms with Gasteiger partial charge < -0.3 is 55.2 Å². The summed E-state index contributed by atoms with van der Waals surface area (Å²) < 4.78 is 28.2. The van der Waals surface area contributed by atoms with Crippen LogP contribution < -0.4 is 36.1 Å². The largest absolute Gasteiger partial charge is 0.491 e. The number of methoxy groups -OCH3 is 1. The van der Waals surface area contributed by atoms with Crippen LogP contribution in [0.1, 0.15) is 79.0 Å². The molecular weight excluding hydrogens is 825 g/mol. The Hall–Kier alpha value is -5.72. The fourth-order valence-corrected chi connectivity index (χ4v) is 6.71. The number of carbonyl (C=O) groups is 7. The Balaban J connectivity index is 2.26. The van der Waals surface area contributed by atoms with Crippen molar-refractivity contribution in [1.82, 2.24) is 31.5 Å². The molecule has 1 aliphatic rings. The van der Waals surface area contributed by atoms with Crippen LogP contribution in [0.25, 0.3) is 11.1 Å². The molecule has 4 bridgehead atoms. The topological polar surface area (TPSA) is 229 Å². The predicted octanol–water partition coefficient (Wildman–Crippen LogP) is 3.64. The van der Waals surface area contributed by atoms with Crippen LogP contribution in [-0.2, 0) is 44.6 Å². The molecule has 0 aliphatic carbocycles. The van der Waals surface area contributed by atoms with E-state index in [1.807, 2.05) is 6.26 Å². The Morgan fingerprint density at radius 3 is 1.90 bits per heavy atom. The number of carbonyl (C=O) groups excluding carboxylic acids is 7. The zero-order chi connectivity index (χ0) is 46.4. The molecule has 5 N–H and O–H groups in total. The number of rotatable bonds is 15. The maximum Gasteiger partial charge on any atom is 0.407 e. The van der Waals surface area contributed by atoms with Gasteiger partial charge in [-0.25, -0.2) is 14.4 Å². The summed E-state index contributed by atoms with van der Waals surface area (Å²) in [6, 6.07) is 5.27. The lowest BCUT2D eigenvalue weighted by atomic mass is 9.93. The number of benzene rings is 2. The molecule has 0 unspecified atom stereocenters. The van der Waals surface area contributed by atoms with E-state index in [2.05, 4.69) is 26.6 Å². The Morgan fingerprint density at radius 1 is 0.839 bits per heavy atom. The highest BCUT2D eigenvalue weighted by Crippen LogP contribution is 2.40. The average Bonchev–Trinajstić information content (AvgIpc) is 3.17. The van der Waals surface area contributed by atoms with Crippen LogP contribution in [0.3, 0.4) is 0 Å². The first kappa shape index (κ1) is 50.6. The van der Waals surface area contributed by atoms with Gasteiger partial charge in [-0.3, -0.25) is 19.2 Å². The lowest BCUT2D eigenvalue weighted by Crippen LogP contribution is -2.54. The minimum absolute atomic E-state index is 0.0110. The summed E-state index contributed by atoms with van der Waals surface area (Å²) in [6.07, 6.45) is 0.841. The number of esters is 1. The molecular formula is C43H62N6O12S. The first-order chi connectivity index (χ1) is 29.0. The van der Waals surface area contributed by atoms with Crippen molar-refractivity contribution in [3.8, 4) is 22.6 Å². The number of likely N-dealkylation sites (N-methyl/N-ethyl adjacent to an activating group) is 1. The van der Waals surface area contributed by atoms with E-state index in [-0.39, 0.29) is 44.9 Å². The maximum atomic E-state index is 14.4. The molecule has 0 saturated carbocycles. The van der Waals surface area contributed by atoms with Crippen molar-refractivity contribution in [2.24, 2.45) is 0 Å². The van der Waals surface area contributed by atoms with Gasteiger partial charge in [-0.2, -0.15) is 11.8 Å². The number of amides is 6. The standard InChI is InChI=1S/C43H62N6O12S/c1-25-36(51)48-32(39(54)57-10)23-27-12-14-33(58-19-17-44-40(55)60-42(3,4)5)29(22-27)30-24-28(13-15-34(30)59-20-18-45-41(56)61-43(6,7)8)35(37(52)46-25)49(9)38(53)31(16-21-62-11)47-26(2)50/h12-15,22,24-25,31-32,35H,16-21,23H2,1-11H3,(H,44,55)(H,45,56)(H,46,52)(H,47,50)(H,48,51)/t25-,31-,32-,35-/m0/s1. The van der Waals surface area contributed by atoms with E-state index in [1.165, 1.54) is 44.7 Å². The Bertz CT molecular complexity index is 1930. The number of ether oxygens (including phenoxy) is 5. The second-order valence-electron chi connectivity index (χ2n) is 16.5. The van der Waals surface area contributed by atoms with Crippen molar-refractivity contribution in [3.63, 3.8) is 0 Å². The van der Waals surface area contributed by atoms with Crippen molar-refractivity contribution in [2.45, 2.75) is 104 Å². The van der Waals surface area contributed by atoms with Crippen LogP contribution in [0.4, 0.5) is 9.59 Å². The first-order valence-corrected chi connectivity index (χ1v) is 21.6. The molecule has 342 valence electrons. The van der Waals surface area contributed by atoms with Gasteiger partial charge >= 0.3 is 18.2 Å². The van der Waals surface area contributed by atoms with Gasteiger partial charge in [0.25, 0.3) is 0 Å². The van der Waals surface area contributed by atoms with Gasteiger partial charge in [0.1, 0.15) is 60.1 Å². The van der Waals surface area contributed by atoms with Gasteiger partial charge in [0.15, 0.2) is 0 Å². The van der Waals surface area contributed by atoms with Crippen molar-refractivity contribution < 1.29 is 57.2 Å². The summed E-state index contributed by atoms with van der Waals surface area (Å²) in [5.74, 6) is -2.02. The molecule has 18 nitrogen and oxygen atoms in total. The first-order valence-electron chi connectivity index (χ1n) is 20.2. The third-order valence-electron chi connectivity index (χ3n) is 8.97. The molecule has 2 aromatic carbocycles. The second-order valence-corrected chi connectivity index (χ2v) is 17.5. The minimum atomic E-state index is -1.37. The number of fused-ring (bicyclic) bond motifs is 5. The zero-order valence-corrected chi connectivity index (χ0v) is 38.3. The van der Waals surface area contributed by atoms with Crippen molar-refractivity contribution in [3.05, 3.63) is 47.5 Å². The number of hydrogen-bond donors (Lipinski definition) is 5. The van der Waals surface area contributed by atoms with Crippen LogP contribution in [0.2, 0.25) is 0 Å². The number of alkyl carbamates (subject to hydrolysis) is 2. The van der Waals surface area contributed by atoms with Gasteiger partial charge in [0, 0.05) is 31.5 Å². The van der Waals surface area contributed by atoms with E-state index in [1.54, 1.807) is 77.9 Å². The molecule has 0 fully saturated rings. The quantitative estimate of drug-likeness (QED) is 0.0979. The van der Waals surface area contributed by atoms with E-state index in [9.17, 15) is 33.6 Å². The van der Waals surface area contributed by atoms with Crippen LogP contribution in [0, 0.1) is 0 Å². The van der Waals surface area contributed by atoms with Crippen molar-refractivity contribution in [2.75, 3.05) is 52.5 Å². The number of nitrogens with zero attached hydrogens (tertiary/aromatic N) is 1. The van der Waals surface area contributed by atoms with Gasteiger partial charge in [-0.1, -0.05) is 12.1 Å². The molecule has 0 aromatic heterocycles. The molecule has 62 heavy (non-hydrogen) atoms. The fraction of sp³-hybridized carbons (Fsp3) is 0.558. The highest BCUT2D eigenvalue weighted by atomic mass is 32.2. The molecule has 2 aromatic rings. The molecule has 0 radical (unpaired) electrons. The van der Waals surface area contributed by atoms with Gasteiger partial charge in [0.2, 0.25) is 23.6 Å². The summed E-state index contributed by atoms with van der Waals surface area (Å²) >= 11 is 1.48. The lowest BCUT2D eigenvalue weighted by Gasteiger charge is -2.32. The smallest absolute Gasteiger partial charge is 0.407 e. The van der Waals surface area contributed by atoms with Crippen LogP contribution in [-0.4, -0.2) is 128 Å². The number of nitrogens with one attached hydrogen (secondary N) is 5. The molecule has 4 atom stereocenters. The fourth-order valence-electron chi connectivity index (χ4n) is 6.24. The van der Waals surface area contributed by atoms with Crippen LogP contribution in [0.5, 0.6) is 11.5 Å². The lowest BCUT2D eigenvalue weighted by molar-refractivity contribution is -0.145. The molecule has 0 saturated heterocycles. The maximum absolute atomic E-state index is 14.4. The van der Waals surface area contributed by atoms with Crippen molar-refractivity contribution in [1.29, 1.82) is 0 Å². The van der Waals surface area contributed by atoms with Gasteiger partial charge in [-0.15, -0.1) is 0 Å². The van der Waals surface area contributed by atoms with E-state index in [4.69, 9.17) is 23.7 Å². The molecule has 0 spiro atoms. The van der Waals surface area contributed by atoms with E-state index < -0.39 is 77.2 Å². The summed E-state index contributed by atoms with van der Waals surface area (Å²) in [6.45, 7) is 13.3. The van der Waals surface area contributed by atoms with Gasteiger partial charge in [0.05, 0.1) is 20.2 Å². The van der Waals surface area contributed by atoms with Gasteiger partial charge in [-0.05, 0) is 102 Å². The highest BCUT2D eigenvalue weighted by molar-refractivity contribution is 7.98. The van der Waals surface area contributed by atoms with Crippen LogP contribution >= 0.6 is 11.8 Å². The highest BCUT2D eigenvalue weighted by Gasteiger charge is 2.36. The van der Waals surface area contributed by atoms with Crippen LogP contribution in [0.15, 0.2) is 36.4 Å². The molecule has 1 heterocycles. The third kappa shape index (κ3) is 16.0. The molecule has 3 rings (SSSR count). The van der Waals surface area contributed by atoms with E-state index in [0.29, 0.717) is 33.8 Å². The third-order valence-corrected chi connectivity index (χ3v) is 9.62. The SMILES string of the molecule is COC(=O)[C@@H]1Cc2ccc(OCCNC(=O)OC(C)(C)C)c(c2)-c2cc(ccc2OCCNC(=O)OC(C)(C)C)[C@H](N(C)C(=O)[C@H](CCSC)NC(C)=O)C(=O)N[C@@H](C)C(=O)N1. The molecule has 19 heteroatoms. The zero-order valence-electron chi connectivity index (χ0n) is 37.5. The Kier molecular flexibility index (Phi) is 18.7. The van der Waals surface area contributed by atoms with E-state index >= 15 is 0 Å². The molecule has 1 aliphatic heterocycles. The minimum Gasteiger partial charge on any atom is -0.491 e. The van der Waals surface area contributed by atoms with E-state index in [0.717, 1.165) is 0 Å². The summed E-state index contributed by atoms with van der Waals surface area (Å²) in [7, 11) is 2.62. The Morgan fingerprint density at radius 2 is 1.39 bits per heavy atom. The Labute approximate surface area is 367 Å². The predicted molar refractivity (Wildman–Crippen MR) is 233 cm³/mol.